The number of methoxy groups -OCH3 is 1. The Morgan fingerprint density at radius 1 is 1.29 bits per heavy atom. The van der Waals surface area contributed by atoms with Crippen molar-refractivity contribution in [2.24, 2.45) is 0 Å². The number of carbonyl (C=O) groups is 1. The SMILES string of the molecule is CC[C@@H](C(=O)N1CCc2ccccc21)N(c1cc(Cl)ccc1OC)S(C)(=O)=O. The van der Waals surface area contributed by atoms with Gasteiger partial charge in [0, 0.05) is 17.3 Å². The molecular weight excluding hydrogens is 400 g/mol. The minimum absolute atomic E-state index is 0.255. The molecule has 0 saturated carbocycles. The topological polar surface area (TPSA) is 66.9 Å². The van der Waals surface area contributed by atoms with Gasteiger partial charge in [-0.2, -0.15) is 0 Å². The molecule has 0 aliphatic carbocycles. The van der Waals surface area contributed by atoms with E-state index in [-0.39, 0.29) is 11.6 Å². The number of hydrogen-bond acceptors (Lipinski definition) is 4. The van der Waals surface area contributed by atoms with Crippen LogP contribution < -0.4 is 13.9 Å². The molecule has 6 nitrogen and oxygen atoms in total. The molecule has 0 spiro atoms. The Morgan fingerprint density at radius 3 is 2.64 bits per heavy atom. The van der Waals surface area contributed by atoms with Crippen LogP contribution >= 0.6 is 11.6 Å². The van der Waals surface area contributed by atoms with Crippen LogP contribution in [0.3, 0.4) is 0 Å². The fourth-order valence-corrected chi connectivity index (χ4v) is 4.97. The number of carbonyl (C=O) groups excluding carboxylic acids is 1. The molecule has 1 amide bonds. The lowest BCUT2D eigenvalue weighted by Gasteiger charge is -2.33. The average molecular weight is 423 g/mol. The minimum Gasteiger partial charge on any atom is -0.495 e. The van der Waals surface area contributed by atoms with E-state index < -0.39 is 16.1 Å². The zero-order valence-corrected chi connectivity index (χ0v) is 17.6. The summed E-state index contributed by atoms with van der Waals surface area (Å²) in [7, 11) is -2.33. The third kappa shape index (κ3) is 3.82. The normalized spacial score (nSPS) is 14.5. The van der Waals surface area contributed by atoms with Crippen LogP contribution in [0.1, 0.15) is 18.9 Å². The molecule has 0 unspecified atom stereocenters. The number of para-hydroxylation sites is 1. The van der Waals surface area contributed by atoms with E-state index in [0.717, 1.165) is 28.2 Å². The number of benzene rings is 2. The molecule has 2 aromatic rings. The summed E-state index contributed by atoms with van der Waals surface area (Å²) in [5.74, 6) is 0.0720. The third-order valence-electron chi connectivity index (χ3n) is 4.84. The van der Waals surface area contributed by atoms with E-state index in [2.05, 4.69) is 0 Å². The maximum Gasteiger partial charge on any atom is 0.250 e. The summed E-state index contributed by atoms with van der Waals surface area (Å²) >= 11 is 6.12. The van der Waals surface area contributed by atoms with Crippen molar-refractivity contribution in [1.82, 2.24) is 0 Å². The predicted octanol–water partition coefficient (Wildman–Crippen LogP) is 3.48. The number of anilines is 2. The van der Waals surface area contributed by atoms with Crippen LogP contribution in [0.5, 0.6) is 5.75 Å². The summed E-state index contributed by atoms with van der Waals surface area (Å²) in [4.78, 5) is 15.1. The van der Waals surface area contributed by atoms with Crippen LogP contribution in [0.2, 0.25) is 5.02 Å². The molecule has 150 valence electrons. The fraction of sp³-hybridized carbons (Fsp3) is 0.350. The molecule has 8 heteroatoms. The zero-order chi connectivity index (χ0) is 20.5. The van der Waals surface area contributed by atoms with E-state index in [1.807, 2.05) is 24.3 Å². The number of halogens is 1. The van der Waals surface area contributed by atoms with E-state index in [1.54, 1.807) is 24.0 Å². The summed E-state index contributed by atoms with van der Waals surface area (Å²) in [5, 5.41) is 0.360. The Bertz CT molecular complexity index is 993. The minimum atomic E-state index is -3.78. The number of fused-ring (bicyclic) bond motifs is 1. The number of amides is 1. The van der Waals surface area contributed by atoms with Gasteiger partial charge in [-0.1, -0.05) is 36.7 Å². The van der Waals surface area contributed by atoms with Crippen molar-refractivity contribution in [3.63, 3.8) is 0 Å². The van der Waals surface area contributed by atoms with Gasteiger partial charge in [-0.3, -0.25) is 9.10 Å². The molecule has 0 aromatic heterocycles. The second kappa shape index (κ2) is 8.01. The molecule has 1 heterocycles. The summed E-state index contributed by atoms with van der Waals surface area (Å²) < 4.78 is 31.9. The fourth-order valence-electron chi connectivity index (χ4n) is 3.60. The lowest BCUT2D eigenvalue weighted by atomic mass is 10.1. The first-order valence-corrected chi connectivity index (χ1v) is 11.2. The van der Waals surface area contributed by atoms with Gasteiger partial charge in [0.15, 0.2) is 0 Å². The van der Waals surface area contributed by atoms with Crippen molar-refractivity contribution < 1.29 is 17.9 Å². The van der Waals surface area contributed by atoms with Crippen LogP contribution in [0, 0.1) is 0 Å². The number of sulfonamides is 1. The molecule has 0 saturated heterocycles. The maximum absolute atomic E-state index is 13.4. The van der Waals surface area contributed by atoms with Crippen molar-refractivity contribution in [3.05, 3.63) is 53.1 Å². The molecule has 1 aliphatic heterocycles. The summed E-state index contributed by atoms with van der Waals surface area (Å²) in [6, 6.07) is 11.5. The monoisotopic (exact) mass is 422 g/mol. The van der Waals surface area contributed by atoms with E-state index in [4.69, 9.17) is 16.3 Å². The molecule has 0 N–H and O–H groups in total. The summed E-state index contributed by atoms with van der Waals surface area (Å²) in [6.45, 7) is 2.32. The van der Waals surface area contributed by atoms with E-state index in [1.165, 1.54) is 13.2 Å². The molecule has 2 aromatic carbocycles. The van der Waals surface area contributed by atoms with Crippen LogP contribution in [0.25, 0.3) is 0 Å². The first-order chi connectivity index (χ1) is 13.3. The lowest BCUT2D eigenvalue weighted by molar-refractivity contribution is -0.119. The highest BCUT2D eigenvalue weighted by Crippen LogP contribution is 2.36. The van der Waals surface area contributed by atoms with Crippen LogP contribution in [-0.2, 0) is 21.2 Å². The molecule has 0 bridgehead atoms. The van der Waals surface area contributed by atoms with Crippen molar-refractivity contribution in [2.45, 2.75) is 25.8 Å². The summed E-state index contributed by atoms with van der Waals surface area (Å²) in [5.41, 5.74) is 2.17. The zero-order valence-electron chi connectivity index (χ0n) is 16.1. The molecule has 0 radical (unpaired) electrons. The van der Waals surface area contributed by atoms with Gasteiger partial charge in [0.25, 0.3) is 5.91 Å². The average Bonchev–Trinajstić information content (AvgIpc) is 3.08. The van der Waals surface area contributed by atoms with Gasteiger partial charge in [0.05, 0.1) is 19.1 Å². The number of ether oxygens (including phenoxy) is 1. The largest absolute Gasteiger partial charge is 0.495 e. The van der Waals surface area contributed by atoms with Crippen LogP contribution in [-0.4, -0.2) is 40.3 Å². The Balaban J connectivity index is 2.07. The summed E-state index contributed by atoms with van der Waals surface area (Å²) in [6.07, 6.45) is 2.14. The lowest BCUT2D eigenvalue weighted by Crippen LogP contribution is -2.50. The Kier molecular flexibility index (Phi) is 5.86. The van der Waals surface area contributed by atoms with Crippen LogP contribution in [0.15, 0.2) is 42.5 Å². The highest BCUT2D eigenvalue weighted by Gasteiger charge is 2.38. The molecular formula is C20H23ClN2O4S. The quantitative estimate of drug-likeness (QED) is 0.714. The highest BCUT2D eigenvalue weighted by molar-refractivity contribution is 7.92. The van der Waals surface area contributed by atoms with Crippen molar-refractivity contribution >= 4 is 38.9 Å². The van der Waals surface area contributed by atoms with Gasteiger partial charge in [-0.15, -0.1) is 0 Å². The Hall–Kier alpha value is -2.25. The van der Waals surface area contributed by atoms with Crippen molar-refractivity contribution in [3.8, 4) is 5.75 Å². The second-order valence-corrected chi connectivity index (χ2v) is 8.96. The van der Waals surface area contributed by atoms with Gasteiger partial charge >= 0.3 is 0 Å². The first-order valence-electron chi connectivity index (χ1n) is 9.00. The van der Waals surface area contributed by atoms with Crippen LogP contribution in [0.4, 0.5) is 11.4 Å². The number of rotatable bonds is 6. The van der Waals surface area contributed by atoms with Gasteiger partial charge < -0.3 is 9.64 Å². The van der Waals surface area contributed by atoms with Crippen molar-refractivity contribution in [2.75, 3.05) is 29.1 Å². The van der Waals surface area contributed by atoms with E-state index >= 15 is 0 Å². The standard InChI is InChI=1S/C20H23ClN2O4S/c1-4-16(20(24)22-12-11-14-7-5-6-8-17(14)22)23(28(3,25)26)18-13-15(21)9-10-19(18)27-2/h5-10,13,16H,4,11-12H2,1-3H3/t16-/m0/s1. The van der Waals surface area contributed by atoms with Gasteiger partial charge in [0.2, 0.25) is 10.0 Å². The van der Waals surface area contributed by atoms with E-state index in [9.17, 15) is 13.2 Å². The Labute approximate surface area is 170 Å². The van der Waals surface area contributed by atoms with Gasteiger partial charge in [-0.25, -0.2) is 8.42 Å². The second-order valence-electron chi connectivity index (χ2n) is 6.67. The number of nitrogens with zero attached hydrogens (tertiary/aromatic N) is 2. The highest BCUT2D eigenvalue weighted by atomic mass is 35.5. The molecule has 3 rings (SSSR count). The number of hydrogen-bond donors (Lipinski definition) is 0. The van der Waals surface area contributed by atoms with E-state index in [0.29, 0.717) is 23.7 Å². The predicted molar refractivity (Wildman–Crippen MR) is 112 cm³/mol. The smallest absolute Gasteiger partial charge is 0.250 e. The third-order valence-corrected chi connectivity index (χ3v) is 6.24. The molecule has 1 aliphatic rings. The molecule has 28 heavy (non-hydrogen) atoms. The van der Waals surface area contributed by atoms with Gasteiger partial charge in [-0.05, 0) is 42.7 Å². The van der Waals surface area contributed by atoms with Crippen molar-refractivity contribution in [1.29, 1.82) is 0 Å². The molecule has 1 atom stereocenters. The molecule has 0 fully saturated rings. The van der Waals surface area contributed by atoms with Gasteiger partial charge in [0.1, 0.15) is 11.8 Å². The maximum atomic E-state index is 13.4. The first kappa shape index (κ1) is 20.5. The Morgan fingerprint density at radius 2 is 2.00 bits per heavy atom.